The van der Waals surface area contributed by atoms with Crippen molar-refractivity contribution in [2.24, 2.45) is 10.8 Å². The highest BCUT2D eigenvalue weighted by atomic mass is 16.6. The van der Waals surface area contributed by atoms with Crippen molar-refractivity contribution in [2.45, 2.75) is 151 Å². The highest BCUT2D eigenvalue weighted by Gasteiger charge is 2.30. The molecule has 18 heteroatoms. The minimum absolute atomic E-state index is 0.00524. The van der Waals surface area contributed by atoms with E-state index in [4.69, 9.17) is 23.7 Å². The van der Waals surface area contributed by atoms with Gasteiger partial charge in [0.1, 0.15) is 22.6 Å². The van der Waals surface area contributed by atoms with E-state index in [0.717, 1.165) is 42.8 Å². The molecule has 1 saturated heterocycles. The summed E-state index contributed by atoms with van der Waals surface area (Å²) < 4.78 is 29.7. The zero-order valence-corrected chi connectivity index (χ0v) is 56.5. The summed E-state index contributed by atoms with van der Waals surface area (Å²) in [7, 11) is 8.21. The van der Waals surface area contributed by atoms with E-state index in [-0.39, 0.29) is 72.6 Å². The monoisotopic (exact) mass is 1210 g/mol. The maximum atomic E-state index is 13.8. The zero-order chi connectivity index (χ0) is 64.6. The van der Waals surface area contributed by atoms with Crippen LogP contribution in [0.15, 0.2) is 72.8 Å². The number of nitrogens with zero attached hydrogens (tertiary/aromatic N) is 6. The van der Waals surface area contributed by atoms with Gasteiger partial charge in [-0.05, 0) is 158 Å². The third-order valence-corrected chi connectivity index (χ3v) is 15.8. The first-order chi connectivity index (χ1) is 40.7. The number of ether oxygens (including phenoxy) is 5. The summed E-state index contributed by atoms with van der Waals surface area (Å²) in [5.74, 6) is -0.337. The number of rotatable bonds is 30. The Labute approximate surface area is 523 Å². The van der Waals surface area contributed by atoms with Crippen molar-refractivity contribution in [2.75, 3.05) is 149 Å². The van der Waals surface area contributed by atoms with Crippen LogP contribution in [0.25, 0.3) is 0 Å². The number of nitrogens with one attached hydrogen (secondary N) is 2. The van der Waals surface area contributed by atoms with Crippen LogP contribution in [0.5, 0.6) is 5.75 Å². The molecular weight excluding hydrogens is 1100 g/mol. The molecule has 0 spiro atoms. The Kier molecular flexibility index (Phi) is 29.5. The van der Waals surface area contributed by atoms with Gasteiger partial charge in [0.25, 0.3) is 0 Å². The van der Waals surface area contributed by atoms with Crippen LogP contribution in [-0.2, 0) is 42.9 Å². The molecule has 4 rings (SSSR count). The maximum Gasteiger partial charge on any atom is 0.320 e. The number of carbonyl (C=O) groups excluding carboxylic acids is 5. The van der Waals surface area contributed by atoms with E-state index < -0.39 is 16.8 Å². The predicted molar refractivity (Wildman–Crippen MR) is 350 cm³/mol. The van der Waals surface area contributed by atoms with Crippen LogP contribution < -0.4 is 25.2 Å². The van der Waals surface area contributed by atoms with Crippen LogP contribution in [0.1, 0.15) is 151 Å². The average Bonchev–Trinajstić information content (AvgIpc) is 3.55. The molecule has 2 N–H and O–H groups in total. The highest BCUT2D eigenvalue weighted by Crippen LogP contribution is 2.35. The molecule has 1 aliphatic heterocycles. The molecule has 2 atom stereocenters. The Balaban J connectivity index is 1.26. The average molecular weight is 1210 g/mol. The molecule has 2 amide bonds. The Bertz CT molecular complexity index is 2460. The maximum absolute atomic E-state index is 13.8. The van der Waals surface area contributed by atoms with Gasteiger partial charge >= 0.3 is 17.9 Å². The second-order valence-electron chi connectivity index (χ2n) is 27.8. The Morgan fingerprint density at radius 3 is 1.11 bits per heavy atom. The number of amides is 2. The zero-order valence-electron chi connectivity index (χ0n) is 56.5. The molecule has 1 fully saturated rings. The van der Waals surface area contributed by atoms with Gasteiger partial charge in [-0.1, -0.05) is 64.1 Å². The Morgan fingerprint density at radius 1 is 0.471 bits per heavy atom. The van der Waals surface area contributed by atoms with E-state index in [1.54, 1.807) is 0 Å². The molecule has 1 heterocycles. The van der Waals surface area contributed by atoms with Crippen LogP contribution in [0, 0.1) is 10.8 Å². The van der Waals surface area contributed by atoms with Gasteiger partial charge in [0.05, 0.1) is 46.0 Å². The summed E-state index contributed by atoms with van der Waals surface area (Å²) in [5, 5.41) is 6.31. The molecule has 0 bridgehead atoms. The quantitative estimate of drug-likeness (QED) is 0.0279. The minimum atomic E-state index is -0.658. The number of benzene rings is 3. The molecule has 2 unspecified atom stereocenters. The van der Waals surface area contributed by atoms with Crippen molar-refractivity contribution in [1.82, 2.24) is 30.2 Å². The van der Waals surface area contributed by atoms with Gasteiger partial charge in [-0.2, -0.15) is 0 Å². The van der Waals surface area contributed by atoms with E-state index in [0.29, 0.717) is 98.1 Å². The van der Waals surface area contributed by atoms with Crippen molar-refractivity contribution in [3.05, 3.63) is 89.5 Å². The molecule has 3 aromatic rings. The topological polar surface area (TPSA) is 175 Å². The molecule has 18 nitrogen and oxygen atoms in total. The van der Waals surface area contributed by atoms with Crippen LogP contribution in [0.4, 0.5) is 11.4 Å². The summed E-state index contributed by atoms with van der Waals surface area (Å²) >= 11 is 0. The smallest absolute Gasteiger partial charge is 0.320 e. The number of hydrogen-bond acceptors (Lipinski definition) is 16. The van der Waals surface area contributed by atoms with Gasteiger partial charge in [-0.3, -0.25) is 43.6 Å². The highest BCUT2D eigenvalue weighted by molar-refractivity contribution is 5.78. The van der Waals surface area contributed by atoms with E-state index in [1.165, 1.54) is 16.7 Å². The van der Waals surface area contributed by atoms with Gasteiger partial charge in [0.2, 0.25) is 11.8 Å². The summed E-state index contributed by atoms with van der Waals surface area (Å²) in [5.41, 5.74) is 3.62. The largest absolute Gasteiger partial charge is 0.494 e. The van der Waals surface area contributed by atoms with Crippen molar-refractivity contribution in [1.29, 1.82) is 0 Å². The van der Waals surface area contributed by atoms with E-state index in [9.17, 15) is 24.0 Å². The lowest BCUT2D eigenvalue weighted by molar-refractivity contribution is -0.158. The summed E-state index contributed by atoms with van der Waals surface area (Å²) in [6.07, 6.45) is 4.21. The molecule has 0 radical (unpaired) electrons. The number of esters is 3. The van der Waals surface area contributed by atoms with Gasteiger partial charge in [0.15, 0.2) is 0 Å². The van der Waals surface area contributed by atoms with Crippen LogP contribution in [-0.4, -0.2) is 206 Å². The lowest BCUT2D eigenvalue weighted by atomic mass is 9.83. The van der Waals surface area contributed by atoms with Gasteiger partial charge in [0, 0.05) is 117 Å². The van der Waals surface area contributed by atoms with Crippen LogP contribution in [0.2, 0.25) is 0 Å². The van der Waals surface area contributed by atoms with E-state index in [1.807, 2.05) is 89.1 Å². The lowest BCUT2D eigenvalue weighted by Gasteiger charge is -2.34. The van der Waals surface area contributed by atoms with Crippen molar-refractivity contribution in [3.8, 4) is 5.75 Å². The summed E-state index contributed by atoms with van der Waals surface area (Å²) in [6.45, 7) is 31.8. The van der Waals surface area contributed by atoms with Crippen LogP contribution in [0.3, 0.4) is 0 Å². The molecule has 3 aromatic carbocycles. The molecular formula is C69H112N8O10. The summed E-state index contributed by atoms with van der Waals surface area (Å²) in [6, 6.07) is 25.8. The first kappa shape index (κ1) is 73.7. The molecule has 1 aliphatic rings. The van der Waals surface area contributed by atoms with E-state index in [2.05, 4.69) is 142 Å². The van der Waals surface area contributed by atoms with Gasteiger partial charge in [-0.25, -0.2) is 0 Å². The third-order valence-electron chi connectivity index (χ3n) is 15.8. The summed E-state index contributed by atoms with van der Waals surface area (Å²) in [4.78, 5) is 78.6. The first-order valence-electron chi connectivity index (χ1n) is 31.7. The van der Waals surface area contributed by atoms with Crippen molar-refractivity contribution in [3.63, 3.8) is 0 Å². The van der Waals surface area contributed by atoms with E-state index >= 15 is 0 Å². The standard InChI is InChI=1S/C69H112N8O10/c1-18-68(12,34-36-70-59(78)21-20-46-84-58-32-26-55(27-33-58)64(53-22-28-56(29-23-53)72(14)15)54-24-30-57(31-25-54)73(16)17)51-83-52-69(13,19-2)35-37-71-60(79)47-74-38-40-75(48-61(80)85-65(3,4)5)42-44-77(50-63(82)87-67(9,10)11)45-43-76(41-39-74)49-62(81)86-66(6,7)8/h22-33,64H,18-21,34-52H2,1-17H3,(H,70,78)(H,71,79). The van der Waals surface area contributed by atoms with Crippen molar-refractivity contribution >= 4 is 41.1 Å². The number of carbonyl (C=O) groups is 5. The van der Waals surface area contributed by atoms with Crippen LogP contribution >= 0.6 is 0 Å². The lowest BCUT2D eigenvalue weighted by Crippen LogP contribution is -2.50. The molecule has 0 aliphatic carbocycles. The normalized spacial score (nSPS) is 16.1. The Morgan fingerprint density at radius 2 is 0.793 bits per heavy atom. The molecule has 488 valence electrons. The molecule has 0 aromatic heterocycles. The fourth-order valence-electron chi connectivity index (χ4n) is 10.2. The first-order valence-corrected chi connectivity index (χ1v) is 31.7. The SMILES string of the molecule is CCC(C)(CCNC(=O)CCCOc1ccc(C(c2ccc(N(C)C)cc2)c2ccc(N(C)C)cc2)cc1)COCC(C)(CC)CCNC(=O)CN1CCN(CC(=O)OC(C)(C)C)CCN(CC(=O)OC(C)(C)C)CCN(CC(=O)OC(C)(C)C)CC1. The van der Waals surface area contributed by atoms with Gasteiger partial charge in [-0.15, -0.1) is 0 Å². The third kappa shape index (κ3) is 28.9. The predicted octanol–water partition coefficient (Wildman–Crippen LogP) is 9.27. The molecule has 0 saturated carbocycles. The van der Waals surface area contributed by atoms with Crippen molar-refractivity contribution < 1.29 is 47.7 Å². The Hall–Kier alpha value is -5.79. The fraction of sp³-hybridized carbons (Fsp3) is 0.667. The molecule has 87 heavy (non-hydrogen) atoms. The van der Waals surface area contributed by atoms with Gasteiger partial charge < -0.3 is 44.1 Å². The minimum Gasteiger partial charge on any atom is -0.494 e. The number of anilines is 2. The fourth-order valence-corrected chi connectivity index (χ4v) is 10.2. The second-order valence-corrected chi connectivity index (χ2v) is 27.8. The second kappa shape index (κ2) is 34.8. The number of hydrogen-bond donors (Lipinski definition) is 2.